The molecule has 0 bridgehead atoms. The molecule has 0 aliphatic carbocycles. The summed E-state index contributed by atoms with van der Waals surface area (Å²) < 4.78 is 0. The number of nitrogens with zero attached hydrogens (tertiary/aromatic N) is 1. The van der Waals surface area contributed by atoms with Gasteiger partial charge in [0.15, 0.2) is 6.54 Å². The Labute approximate surface area is 155 Å². The van der Waals surface area contributed by atoms with E-state index in [-0.39, 0.29) is 24.4 Å². The predicted molar refractivity (Wildman–Crippen MR) is 104 cm³/mol. The fourth-order valence-electron chi connectivity index (χ4n) is 2.82. The van der Waals surface area contributed by atoms with Crippen molar-refractivity contribution in [2.24, 2.45) is 0 Å². The molecule has 0 aromatic heterocycles. The number of nitrogens with two attached hydrogens (primary N) is 1. The van der Waals surface area contributed by atoms with Crippen LogP contribution in [0.25, 0.3) is 0 Å². The van der Waals surface area contributed by atoms with Crippen molar-refractivity contribution in [3.63, 3.8) is 0 Å². The Morgan fingerprint density at radius 3 is 2.27 bits per heavy atom. The van der Waals surface area contributed by atoms with Gasteiger partial charge in [0.1, 0.15) is 6.04 Å². The molecular formula is C21H28N3O2+. The Kier molecular flexibility index (Phi) is 6.92. The van der Waals surface area contributed by atoms with E-state index in [1.165, 1.54) is 10.5 Å². The minimum Gasteiger partial charge on any atom is -0.333 e. The van der Waals surface area contributed by atoms with Crippen LogP contribution in [0.4, 0.5) is 5.69 Å². The summed E-state index contributed by atoms with van der Waals surface area (Å²) in [6.45, 7) is 6.33. The van der Waals surface area contributed by atoms with Crippen LogP contribution >= 0.6 is 0 Å². The molecule has 1 atom stereocenters. The molecule has 0 aliphatic rings. The number of anilines is 1. The molecule has 0 spiro atoms. The third-order valence-corrected chi connectivity index (χ3v) is 4.52. The van der Waals surface area contributed by atoms with E-state index in [1.807, 2.05) is 67.7 Å². The second-order valence-electron chi connectivity index (χ2n) is 6.70. The van der Waals surface area contributed by atoms with E-state index in [0.29, 0.717) is 6.54 Å². The third-order valence-electron chi connectivity index (χ3n) is 4.52. The van der Waals surface area contributed by atoms with Crippen LogP contribution in [-0.2, 0) is 9.59 Å². The topological polar surface area (TPSA) is 66.0 Å². The number of para-hydroxylation sites is 1. The second-order valence-corrected chi connectivity index (χ2v) is 6.70. The number of likely N-dealkylation sites (N-methyl/N-ethyl adjacent to an activating group) is 1. The smallest absolute Gasteiger partial charge is 0.277 e. The second kappa shape index (κ2) is 9.15. The zero-order chi connectivity index (χ0) is 19.1. The van der Waals surface area contributed by atoms with Crippen LogP contribution in [-0.4, -0.2) is 36.9 Å². The summed E-state index contributed by atoms with van der Waals surface area (Å²) in [6, 6.07) is 16.1. The van der Waals surface area contributed by atoms with Crippen LogP contribution in [0.5, 0.6) is 0 Å². The van der Waals surface area contributed by atoms with Gasteiger partial charge in [-0.2, -0.15) is 0 Å². The minimum absolute atomic E-state index is 0.0418. The van der Waals surface area contributed by atoms with Gasteiger partial charge in [-0.05, 0) is 31.9 Å². The van der Waals surface area contributed by atoms with Crippen molar-refractivity contribution in [3.05, 3.63) is 65.2 Å². The van der Waals surface area contributed by atoms with Gasteiger partial charge in [-0.3, -0.25) is 9.59 Å². The number of amides is 2. The molecule has 2 rings (SSSR count). The average Bonchev–Trinajstić information content (AvgIpc) is 2.63. The van der Waals surface area contributed by atoms with Crippen LogP contribution in [0.1, 0.15) is 29.7 Å². The maximum atomic E-state index is 12.3. The lowest BCUT2D eigenvalue weighted by Gasteiger charge is -2.18. The van der Waals surface area contributed by atoms with E-state index >= 15 is 0 Å². The summed E-state index contributed by atoms with van der Waals surface area (Å²) in [6.07, 6.45) is 0. The van der Waals surface area contributed by atoms with Gasteiger partial charge in [0, 0.05) is 18.3 Å². The minimum atomic E-state index is -0.186. The third kappa shape index (κ3) is 5.43. The molecule has 0 aliphatic heterocycles. The molecule has 0 saturated heterocycles. The molecular weight excluding hydrogens is 326 g/mol. The predicted octanol–water partition coefficient (Wildman–Crippen LogP) is 2.02. The van der Waals surface area contributed by atoms with Gasteiger partial charge in [0.2, 0.25) is 5.91 Å². The summed E-state index contributed by atoms with van der Waals surface area (Å²) in [5.41, 5.74) is 4.02. The summed E-state index contributed by atoms with van der Waals surface area (Å²) in [7, 11) is 1.66. The first-order valence-electron chi connectivity index (χ1n) is 8.86. The van der Waals surface area contributed by atoms with Crippen LogP contribution in [0, 0.1) is 13.8 Å². The van der Waals surface area contributed by atoms with Crippen LogP contribution in [0.3, 0.4) is 0 Å². The van der Waals surface area contributed by atoms with Gasteiger partial charge in [-0.15, -0.1) is 0 Å². The largest absolute Gasteiger partial charge is 0.333 e. The number of aryl methyl sites for hydroxylation is 2. The number of carbonyl (C=O) groups excluding carboxylic acids is 2. The fourth-order valence-corrected chi connectivity index (χ4v) is 2.82. The Bertz CT molecular complexity index is 739. The first-order chi connectivity index (χ1) is 12.4. The van der Waals surface area contributed by atoms with Crippen molar-refractivity contribution in [3.8, 4) is 0 Å². The molecule has 0 fully saturated rings. The molecule has 0 heterocycles. The molecule has 0 unspecified atom stereocenters. The van der Waals surface area contributed by atoms with E-state index < -0.39 is 0 Å². The fraction of sp³-hybridized carbons (Fsp3) is 0.333. The lowest BCUT2D eigenvalue weighted by Crippen LogP contribution is -2.87. The number of hydrogen-bond donors (Lipinski definition) is 2. The normalized spacial score (nSPS) is 11.7. The van der Waals surface area contributed by atoms with Crippen molar-refractivity contribution >= 4 is 17.5 Å². The van der Waals surface area contributed by atoms with Gasteiger partial charge in [-0.25, -0.2) is 0 Å². The Hall–Kier alpha value is -2.66. The van der Waals surface area contributed by atoms with Gasteiger partial charge >= 0.3 is 0 Å². The maximum Gasteiger partial charge on any atom is 0.277 e. The Morgan fingerprint density at radius 2 is 1.65 bits per heavy atom. The van der Waals surface area contributed by atoms with Crippen LogP contribution < -0.4 is 10.6 Å². The van der Waals surface area contributed by atoms with Gasteiger partial charge in [-0.1, -0.05) is 48.5 Å². The number of nitrogens with one attached hydrogen (secondary N) is 1. The van der Waals surface area contributed by atoms with Crippen molar-refractivity contribution in [2.75, 3.05) is 25.5 Å². The first kappa shape index (κ1) is 19.7. The molecule has 2 aromatic carbocycles. The number of benzene rings is 2. The summed E-state index contributed by atoms with van der Waals surface area (Å²) in [4.78, 5) is 26.1. The molecule has 2 aromatic rings. The number of rotatable bonds is 7. The van der Waals surface area contributed by atoms with E-state index in [9.17, 15) is 9.59 Å². The zero-order valence-corrected chi connectivity index (χ0v) is 16.0. The summed E-state index contributed by atoms with van der Waals surface area (Å²) in [5, 5.41) is 4.90. The summed E-state index contributed by atoms with van der Waals surface area (Å²) in [5.74, 6) is -0.251. The van der Waals surface area contributed by atoms with E-state index in [1.54, 1.807) is 7.05 Å². The van der Waals surface area contributed by atoms with Crippen LogP contribution in [0.15, 0.2) is 48.5 Å². The molecule has 26 heavy (non-hydrogen) atoms. The Balaban J connectivity index is 1.83. The monoisotopic (exact) mass is 354 g/mol. The first-order valence-corrected chi connectivity index (χ1v) is 8.86. The molecule has 5 nitrogen and oxygen atoms in total. The van der Waals surface area contributed by atoms with E-state index in [2.05, 4.69) is 12.2 Å². The highest BCUT2D eigenvalue weighted by Gasteiger charge is 2.17. The van der Waals surface area contributed by atoms with Gasteiger partial charge in [0.25, 0.3) is 5.91 Å². The van der Waals surface area contributed by atoms with Gasteiger partial charge < -0.3 is 15.5 Å². The number of hydrogen-bond acceptors (Lipinski definition) is 2. The molecule has 5 heteroatoms. The van der Waals surface area contributed by atoms with Crippen molar-refractivity contribution in [1.29, 1.82) is 0 Å². The van der Waals surface area contributed by atoms with Crippen LogP contribution in [0.2, 0.25) is 0 Å². The SMILES string of the molecule is Cc1cccc(C)c1NC(=O)CN(C)C(=O)C[NH2+][C@H](C)c1ccccc1. The zero-order valence-electron chi connectivity index (χ0n) is 16.0. The highest BCUT2D eigenvalue weighted by atomic mass is 16.2. The molecule has 0 radical (unpaired) electrons. The molecule has 0 saturated carbocycles. The van der Waals surface area contributed by atoms with E-state index in [0.717, 1.165) is 16.8 Å². The van der Waals surface area contributed by atoms with Crippen molar-refractivity contribution < 1.29 is 14.9 Å². The van der Waals surface area contributed by atoms with Gasteiger partial charge in [0.05, 0.1) is 6.54 Å². The number of quaternary nitrogens is 1. The highest BCUT2D eigenvalue weighted by Crippen LogP contribution is 2.19. The molecule has 138 valence electrons. The van der Waals surface area contributed by atoms with E-state index in [4.69, 9.17) is 0 Å². The Morgan fingerprint density at radius 1 is 1.04 bits per heavy atom. The highest BCUT2D eigenvalue weighted by molar-refractivity contribution is 5.95. The van der Waals surface area contributed by atoms with Crippen molar-refractivity contribution in [2.45, 2.75) is 26.8 Å². The number of carbonyl (C=O) groups is 2. The maximum absolute atomic E-state index is 12.3. The standard InChI is InChI=1S/C21H27N3O2/c1-15-9-8-10-16(2)21(15)23-19(25)14-24(4)20(26)13-22-17(3)18-11-6-5-7-12-18/h5-12,17,22H,13-14H2,1-4H3,(H,23,25)/p+1/t17-/m1/s1. The lowest BCUT2D eigenvalue weighted by molar-refractivity contribution is -0.683. The van der Waals surface area contributed by atoms with Crippen molar-refractivity contribution in [1.82, 2.24) is 4.90 Å². The average molecular weight is 354 g/mol. The molecule has 3 N–H and O–H groups in total. The summed E-state index contributed by atoms with van der Waals surface area (Å²) >= 11 is 0. The quantitative estimate of drug-likeness (QED) is 0.799. The lowest BCUT2D eigenvalue weighted by atomic mass is 10.1. The molecule has 2 amide bonds.